The maximum absolute atomic E-state index is 10.7. The van der Waals surface area contributed by atoms with Crippen LogP contribution in [0.2, 0.25) is 0 Å². The molecular formula is C11H16N2O2S. The number of carbonyl (C=O) groups is 1. The van der Waals surface area contributed by atoms with E-state index in [-0.39, 0.29) is 5.92 Å². The summed E-state index contributed by atoms with van der Waals surface area (Å²) in [5.41, 5.74) is 1.13. The van der Waals surface area contributed by atoms with E-state index in [0.717, 1.165) is 43.2 Å². The molecule has 2 rings (SSSR count). The zero-order valence-electron chi connectivity index (χ0n) is 9.36. The number of quaternary nitrogens is 1. The highest BCUT2D eigenvalue weighted by Gasteiger charge is 2.23. The summed E-state index contributed by atoms with van der Waals surface area (Å²) < 4.78 is 0. The Balaban J connectivity index is 1.83. The van der Waals surface area contributed by atoms with E-state index >= 15 is 0 Å². The van der Waals surface area contributed by atoms with Crippen molar-refractivity contribution in [2.75, 3.05) is 13.1 Å². The number of rotatable bonds is 3. The van der Waals surface area contributed by atoms with Gasteiger partial charge in [-0.2, -0.15) is 0 Å². The number of hydrogen-bond acceptors (Lipinski definition) is 4. The topological polar surface area (TPSA) is 57.5 Å². The van der Waals surface area contributed by atoms with Gasteiger partial charge in [-0.3, -0.25) is 0 Å². The number of aliphatic carboxylic acids is 1. The van der Waals surface area contributed by atoms with E-state index in [9.17, 15) is 9.90 Å². The van der Waals surface area contributed by atoms with Crippen LogP contribution < -0.4 is 10.0 Å². The summed E-state index contributed by atoms with van der Waals surface area (Å²) in [6.07, 6.45) is 1.47. The smallest absolute Gasteiger partial charge is 0.121 e. The van der Waals surface area contributed by atoms with Gasteiger partial charge in [0.05, 0.1) is 18.1 Å². The normalized spacial score (nSPS) is 25.6. The molecule has 0 spiro atoms. The maximum atomic E-state index is 10.7. The first-order chi connectivity index (χ1) is 7.65. The Morgan fingerprint density at radius 3 is 2.81 bits per heavy atom. The highest BCUT2D eigenvalue weighted by atomic mass is 32.1. The Kier molecular flexibility index (Phi) is 3.56. The van der Waals surface area contributed by atoms with E-state index in [0.29, 0.717) is 0 Å². The molecule has 0 atom stereocenters. The van der Waals surface area contributed by atoms with Gasteiger partial charge in [-0.1, -0.05) is 0 Å². The minimum atomic E-state index is -0.886. The summed E-state index contributed by atoms with van der Waals surface area (Å²) in [5.74, 6) is -1.12. The van der Waals surface area contributed by atoms with Crippen molar-refractivity contribution in [3.8, 4) is 0 Å². The highest BCUT2D eigenvalue weighted by Crippen LogP contribution is 2.09. The average Bonchev–Trinajstić information content (AvgIpc) is 2.65. The number of aryl methyl sites for hydroxylation is 1. The van der Waals surface area contributed by atoms with Crippen LogP contribution in [-0.4, -0.2) is 24.0 Å². The molecule has 1 aromatic heterocycles. The second-order valence-corrected chi connectivity index (χ2v) is 5.44. The fraction of sp³-hybridized carbons (Fsp3) is 0.636. The van der Waals surface area contributed by atoms with Crippen LogP contribution in [0.4, 0.5) is 0 Å². The Bertz CT molecular complexity index is 370. The van der Waals surface area contributed by atoms with Gasteiger partial charge in [0.2, 0.25) is 0 Å². The number of carbonyl (C=O) groups excluding carboxylic acids is 1. The molecule has 2 heterocycles. The molecule has 1 N–H and O–H groups in total. The number of aromatic nitrogens is 1. The highest BCUT2D eigenvalue weighted by molar-refractivity contribution is 7.09. The van der Waals surface area contributed by atoms with E-state index in [1.54, 1.807) is 11.3 Å². The first-order valence-electron chi connectivity index (χ1n) is 5.60. The molecule has 0 aromatic carbocycles. The minimum Gasteiger partial charge on any atom is -0.550 e. The lowest BCUT2D eigenvalue weighted by Gasteiger charge is -2.29. The molecular weight excluding hydrogens is 224 g/mol. The van der Waals surface area contributed by atoms with Crippen LogP contribution in [0.5, 0.6) is 0 Å². The molecule has 16 heavy (non-hydrogen) atoms. The Morgan fingerprint density at radius 2 is 2.31 bits per heavy atom. The van der Waals surface area contributed by atoms with E-state index in [1.165, 1.54) is 4.90 Å². The molecule has 5 heteroatoms. The molecule has 1 saturated heterocycles. The third-order valence-corrected chi connectivity index (χ3v) is 3.95. The predicted molar refractivity (Wildman–Crippen MR) is 59.0 cm³/mol. The number of hydrogen-bond donors (Lipinski definition) is 1. The van der Waals surface area contributed by atoms with E-state index in [2.05, 4.69) is 10.4 Å². The SMILES string of the molecule is Cc1nc(C[NH+]2CCC(C(=O)[O-])CC2)cs1. The van der Waals surface area contributed by atoms with Gasteiger partial charge in [0.1, 0.15) is 12.2 Å². The standard InChI is InChI=1S/C11H16N2O2S/c1-8-12-10(7-16-8)6-13-4-2-9(3-5-13)11(14)15/h7,9H,2-6H2,1H3,(H,14,15). The minimum absolute atomic E-state index is 0.235. The first kappa shape index (κ1) is 11.5. The number of carboxylic acid groups (broad SMARTS) is 1. The molecule has 0 bridgehead atoms. The van der Waals surface area contributed by atoms with Gasteiger partial charge in [0, 0.05) is 30.1 Å². The van der Waals surface area contributed by atoms with Crippen molar-refractivity contribution in [3.63, 3.8) is 0 Å². The molecule has 1 fully saturated rings. The van der Waals surface area contributed by atoms with Crippen LogP contribution in [0.25, 0.3) is 0 Å². The van der Waals surface area contributed by atoms with E-state index in [4.69, 9.17) is 0 Å². The Hall–Kier alpha value is -0.940. The lowest BCUT2D eigenvalue weighted by Crippen LogP contribution is -3.11. The molecule has 0 unspecified atom stereocenters. The van der Waals surface area contributed by atoms with E-state index in [1.807, 2.05) is 6.92 Å². The summed E-state index contributed by atoms with van der Waals surface area (Å²) in [6.45, 7) is 4.75. The Morgan fingerprint density at radius 1 is 1.62 bits per heavy atom. The fourth-order valence-electron chi connectivity index (χ4n) is 2.18. The van der Waals surface area contributed by atoms with Gasteiger partial charge in [-0.15, -0.1) is 11.3 Å². The van der Waals surface area contributed by atoms with Crippen molar-refractivity contribution in [1.29, 1.82) is 0 Å². The van der Waals surface area contributed by atoms with Crippen molar-refractivity contribution < 1.29 is 14.8 Å². The van der Waals surface area contributed by atoms with Gasteiger partial charge >= 0.3 is 0 Å². The van der Waals surface area contributed by atoms with Crippen molar-refractivity contribution in [2.24, 2.45) is 5.92 Å². The van der Waals surface area contributed by atoms with Crippen molar-refractivity contribution in [3.05, 3.63) is 16.1 Å². The molecule has 0 saturated carbocycles. The zero-order chi connectivity index (χ0) is 11.5. The largest absolute Gasteiger partial charge is 0.550 e. The van der Waals surface area contributed by atoms with Gasteiger partial charge in [-0.25, -0.2) is 4.98 Å². The van der Waals surface area contributed by atoms with Crippen molar-refractivity contribution in [2.45, 2.75) is 26.3 Å². The Labute approximate surface area is 98.9 Å². The summed E-state index contributed by atoms with van der Waals surface area (Å²) >= 11 is 1.67. The van der Waals surface area contributed by atoms with Gasteiger partial charge in [0.15, 0.2) is 0 Å². The van der Waals surface area contributed by atoms with Crippen LogP contribution in [0.3, 0.4) is 0 Å². The van der Waals surface area contributed by atoms with Gasteiger partial charge in [0.25, 0.3) is 0 Å². The quantitative estimate of drug-likeness (QED) is 0.737. The van der Waals surface area contributed by atoms with Gasteiger partial charge < -0.3 is 14.8 Å². The predicted octanol–water partition coefficient (Wildman–Crippen LogP) is -1.00. The molecule has 0 aliphatic carbocycles. The van der Waals surface area contributed by atoms with Gasteiger partial charge in [-0.05, 0) is 6.92 Å². The van der Waals surface area contributed by atoms with Crippen molar-refractivity contribution in [1.82, 2.24) is 4.98 Å². The maximum Gasteiger partial charge on any atom is 0.121 e. The first-order valence-corrected chi connectivity index (χ1v) is 6.48. The van der Waals surface area contributed by atoms with Crippen LogP contribution in [0.15, 0.2) is 5.38 Å². The summed E-state index contributed by atoms with van der Waals surface area (Å²) in [5, 5.41) is 13.9. The third-order valence-electron chi connectivity index (χ3n) is 3.12. The molecule has 0 amide bonds. The number of nitrogens with zero attached hydrogens (tertiary/aromatic N) is 1. The fourth-order valence-corrected chi connectivity index (χ4v) is 2.80. The molecule has 1 aliphatic heterocycles. The lowest BCUT2D eigenvalue weighted by molar-refractivity contribution is -0.919. The number of thiazole rings is 1. The number of piperidine rings is 1. The number of carboxylic acids is 1. The molecule has 0 radical (unpaired) electrons. The molecule has 4 nitrogen and oxygen atoms in total. The zero-order valence-corrected chi connectivity index (χ0v) is 10.2. The molecule has 1 aliphatic rings. The monoisotopic (exact) mass is 240 g/mol. The number of likely N-dealkylation sites (tertiary alicyclic amines) is 1. The summed E-state index contributed by atoms with van der Waals surface area (Å²) in [7, 11) is 0. The summed E-state index contributed by atoms with van der Waals surface area (Å²) in [6, 6.07) is 0. The van der Waals surface area contributed by atoms with Crippen LogP contribution in [0, 0.1) is 12.8 Å². The van der Waals surface area contributed by atoms with Crippen molar-refractivity contribution >= 4 is 17.3 Å². The van der Waals surface area contributed by atoms with Crippen LogP contribution >= 0.6 is 11.3 Å². The summed E-state index contributed by atoms with van der Waals surface area (Å²) in [4.78, 5) is 16.6. The molecule has 1 aromatic rings. The lowest BCUT2D eigenvalue weighted by atomic mass is 9.97. The van der Waals surface area contributed by atoms with E-state index < -0.39 is 5.97 Å². The third kappa shape index (κ3) is 2.80. The van der Waals surface area contributed by atoms with Crippen LogP contribution in [-0.2, 0) is 11.3 Å². The second kappa shape index (κ2) is 4.93. The number of nitrogens with one attached hydrogen (secondary N) is 1. The van der Waals surface area contributed by atoms with Crippen LogP contribution in [0.1, 0.15) is 23.5 Å². The second-order valence-electron chi connectivity index (χ2n) is 4.38. The molecule has 88 valence electrons. The average molecular weight is 240 g/mol.